The number of amides is 1. The van der Waals surface area contributed by atoms with Crippen molar-refractivity contribution in [3.05, 3.63) is 65.1 Å². The zero-order valence-electron chi connectivity index (χ0n) is 20.6. The number of rotatable bonds is 8. The molecule has 3 heterocycles. The Hall–Kier alpha value is -3.56. The Kier molecular flexibility index (Phi) is 7.28. The molecular formula is C26H33N7O2. The molecule has 4 rings (SSSR count). The van der Waals surface area contributed by atoms with Crippen LogP contribution < -0.4 is 21.3 Å². The molecule has 0 saturated heterocycles. The van der Waals surface area contributed by atoms with Crippen molar-refractivity contribution in [2.75, 3.05) is 23.8 Å². The van der Waals surface area contributed by atoms with Gasteiger partial charge in [-0.2, -0.15) is 4.98 Å². The van der Waals surface area contributed by atoms with Gasteiger partial charge in [-0.3, -0.25) is 9.78 Å². The van der Waals surface area contributed by atoms with Crippen LogP contribution in [0.1, 0.15) is 54.9 Å². The molecule has 1 aromatic carbocycles. The molecule has 0 unspecified atom stereocenters. The fourth-order valence-electron chi connectivity index (χ4n) is 3.83. The van der Waals surface area contributed by atoms with Crippen molar-refractivity contribution in [1.82, 2.24) is 25.6 Å². The van der Waals surface area contributed by atoms with E-state index < -0.39 is 5.41 Å². The molecule has 0 radical (unpaired) electrons. The minimum atomic E-state index is -0.505. The molecular weight excluding hydrogens is 442 g/mol. The average Bonchev–Trinajstić information content (AvgIpc) is 2.84. The van der Waals surface area contributed by atoms with E-state index in [2.05, 4.69) is 48.4 Å². The smallest absolute Gasteiger partial charge is 0.256 e. The van der Waals surface area contributed by atoms with Crippen LogP contribution in [0.3, 0.4) is 0 Å². The monoisotopic (exact) mass is 475 g/mol. The molecule has 184 valence electrons. The molecule has 0 spiro atoms. The summed E-state index contributed by atoms with van der Waals surface area (Å²) in [4.78, 5) is 26.3. The number of fused-ring (bicyclic) bond motifs is 1. The number of nitrogens with one attached hydrogen (secondary N) is 4. The van der Waals surface area contributed by atoms with Gasteiger partial charge in [-0.1, -0.05) is 19.9 Å². The van der Waals surface area contributed by atoms with Crippen LogP contribution in [-0.4, -0.2) is 45.2 Å². The van der Waals surface area contributed by atoms with Crippen LogP contribution in [0.15, 0.2) is 42.7 Å². The molecule has 0 bridgehead atoms. The number of nitrogens with zero attached hydrogens (tertiary/aromatic N) is 3. The van der Waals surface area contributed by atoms with Crippen LogP contribution >= 0.6 is 0 Å². The second-order valence-corrected chi connectivity index (χ2v) is 9.72. The lowest BCUT2D eigenvalue weighted by atomic mass is 9.90. The Bertz CT molecular complexity index is 1210. The topological polar surface area (TPSA) is 124 Å². The summed E-state index contributed by atoms with van der Waals surface area (Å²) in [5.74, 6) is 0.486. The molecule has 1 aliphatic heterocycles. The molecule has 2 aromatic heterocycles. The van der Waals surface area contributed by atoms with Gasteiger partial charge in [0, 0.05) is 41.8 Å². The van der Waals surface area contributed by atoms with Gasteiger partial charge in [-0.15, -0.1) is 0 Å². The van der Waals surface area contributed by atoms with E-state index in [1.807, 2.05) is 39.8 Å². The highest BCUT2D eigenvalue weighted by Gasteiger charge is 2.22. The Morgan fingerprint density at radius 1 is 1.11 bits per heavy atom. The second kappa shape index (κ2) is 10.4. The number of hydrogen-bond acceptors (Lipinski definition) is 8. The van der Waals surface area contributed by atoms with Crippen molar-refractivity contribution in [3.63, 3.8) is 0 Å². The molecule has 0 atom stereocenters. The summed E-state index contributed by atoms with van der Waals surface area (Å²) in [6.45, 7) is 9.43. The third-order valence-corrected chi connectivity index (χ3v) is 5.91. The van der Waals surface area contributed by atoms with E-state index in [0.29, 0.717) is 23.0 Å². The van der Waals surface area contributed by atoms with Crippen molar-refractivity contribution in [2.45, 2.75) is 52.1 Å². The van der Waals surface area contributed by atoms with Crippen molar-refractivity contribution >= 4 is 29.0 Å². The maximum absolute atomic E-state index is 12.9. The maximum Gasteiger partial charge on any atom is 0.256 e. The van der Waals surface area contributed by atoms with Gasteiger partial charge in [0.25, 0.3) is 5.91 Å². The first-order chi connectivity index (χ1) is 16.7. The first-order valence-electron chi connectivity index (χ1n) is 11.9. The lowest BCUT2D eigenvalue weighted by Gasteiger charge is -2.22. The van der Waals surface area contributed by atoms with Gasteiger partial charge in [0.1, 0.15) is 11.4 Å². The fraction of sp³-hybridized carbons (Fsp3) is 0.385. The summed E-state index contributed by atoms with van der Waals surface area (Å²) in [5.41, 5.74) is 4.75. The number of aromatic nitrogens is 3. The van der Waals surface area contributed by atoms with Crippen LogP contribution in [0.5, 0.6) is 0 Å². The normalized spacial score (nSPS) is 13.3. The quantitative estimate of drug-likeness (QED) is 0.336. The molecule has 35 heavy (non-hydrogen) atoms. The SMILES string of the molecule is CC(C)NC(=O)c1cnc(Nc2ccc3c(c2)CNCC3)nc1Nc1ccnc(C(C)(C)CO)c1. The molecule has 3 aromatic rings. The Morgan fingerprint density at radius 2 is 1.91 bits per heavy atom. The van der Waals surface area contributed by atoms with E-state index in [0.717, 1.165) is 30.9 Å². The average molecular weight is 476 g/mol. The first kappa shape index (κ1) is 24.6. The number of pyridine rings is 1. The minimum Gasteiger partial charge on any atom is -0.395 e. The molecule has 1 amide bonds. The number of benzene rings is 1. The van der Waals surface area contributed by atoms with Gasteiger partial charge in [0.05, 0.1) is 12.3 Å². The lowest BCUT2D eigenvalue weighted by Crippen LogP contribution is -2.31. The van der Waals surface area contributed by atoms with Gasteiger partial charge in [0.15, 0.2) is 0 Å². The second-order valence-electron chi connectivity index (χ2n) is 9.72. The Morgan fingerprint density at radius 3 is 2.69 bits per heavy atom. The minimum absolute atomic E-state index is 0.0323. The zero-order chi connectivity index (χ0) is 25.0. The summed E-state index contributed by atoms with van der Waals surface area (Å²) in [5, 5.41) is 22.5. The first-order valence-corrected chi connectivity index (χ1v) is 11.9. The lowest BCUT2D eigenvalue weighted by molar-refractivity contribution is 0.0943. The van der Waals surface area contributed by atoms with Crippen molar-refractivity contribution < 1.29 is 9.90 Å². The van der Waals surface area contributed by atoms with Gasteiger partial charge in [-0.25, -0.2) is 4.98 Å². The molecule has 9 nitrogen and oxygen atoms in total. The van der Waals surface area contributed by atoms with E-state index in [9.17, 15) is 9.90 Å². The van der Waals surface area contributed by atoms with Crippen LogP contribution in [-0.2, 0) is 18.4 Å². The predicted molar refractivity (Wildman–Crippen MR) is 137 cm³/mol. The van der Waals surface area contributed by atoms with Crippen LogP contribution in [0.4, 0.5) is 23.1 Å². The highest BCUT2D eigenvalue weighted by Crippen LogP contribution is 2.27. The van der Waals surface area contributed by atoms with E-state index in [4.69, 9.17) is 0 Å². The fourth-order valence-corrected chi connectivity index (χ4v) is 3.83. The highest BCUT2D eigenvalue weighted by molar-refractivity contribution is 5.99. The summed E-state index contributed by atoms with van der Waals surface area (Å²) in [6.07, 6.45) is 4.21. The Balaban J connectivity index is 1.65. The van der Waals surface area contributed by atoms with E-state index >= 15 is 0 Å². The zero-order valence-corrected chi connectivity index (χ0v) is 20.6. The molecule has 1 aliphatic rings. The standard InChI is InChI=1S/C26H33N7O2/c1-16(2)30-24(35)21-14-29-25(32-19-6-5-17-7-9-27-13-18(17)11-19)33-23(21)31-20-8-10-28-22(12-20)26(3,4)15-34/h5-6,8,10-12,14,16,27,34H,7,9,13,15H2,1-4H3,(H,30,35)(H2,28,29,31,32,33). The predicted octanol–water partition coefficient (Wildman–Crippen LogP) is 3.41. The molecule has 0 aliphatic carbocycles. The third-order valence-electron chi connectivity index (χ3n) is 5.91. The van der Waals surface area contributed by atoms with Crippen LogP contribution in [0.25, 0.3) is 0 Å². The van der Waals surface area contributed by atoms with Crippen LogP contribution in [0.2, 0.25) is 0 Å². The van der Waals surface area contributed by atoms with Gasteiger partial charge in [-0.05, 0) is 62.2 Å². The van der Waals surface area contributed by atoms with E-state index in [1.54, 1.807) is 12.3 Å². The number of aliphatic hydroxyl groups is 1. The number of hydrogen-bond donors (Lipinski definition) is 5. The van der Waals surface area contributed by atoms with Gasteiger partial charge < -0.3 is 26.4 Å². The number of carbonyl (C=O) groups is 1. The van der Waals surface area contributed by atoms with Crippen LogP contribution in [0, 0.1) is 0 Å². The molecule has 0 saturated carbocycles. The highest BCUT2D eigenvalue weighted by atomic mass is 16.3. The molecule has 9 heteroatoms. The summed E-state index contributed by atoms with van der Waals surface area (Å²) in [7, 11) is 0. The number of carbonyl (C=O) groups excluding carboxylic acids is 1. The van der Waals surface area contributed by atoms with Gasteiger partial charge in [0.2, 0.25) is 5.95 Å². The van der Waals surface area contributed by atoms with Gasteiger partial charge >= 0.3 is 0 Å². The number of aliphatic hydroxyl groups excluding tert-OH is 1. The van der Waals surface area contributed by atoms with Crippen molar-refractivity contribution in [1.29, 1.82) is 0 Å². The van der Waals surface area contributed by atoms with Crippen molar-refractivity contribution in [3.8, 4) is 0 Å². The van der Waals surface area contributed by atoms with E-state index in [1.165, 1.54) is 17.3 Å². The third kappa shape index (κ3) is 5.93. The molecule has 5 N–H and O–H groups in total. The number of anilines is 4. The largest absolute Gasteiger partial charge is 0.395 e. The molecule has 0 fully saturated rings. The summed E-state index contributed by atoms with van der Waals surface area (Å²) < 4.78 is 0. The maximum atomic E-state index is 12.9. The Labute approximate surface area is 205 Å². The summed E-state index contributed by atoms with van der Waals surface area (Å²) in [6, 6.07) is 9.87. The van der Waals surface area contributed by atoms with E-state index in [-0.39, 0.29) is 18.6 Å². The van der Waals surface area contributed by atoms with Crippen molar-refractivity contribution in [2.24, 2.45) is 0 Å². The summed E-state index contributed by atoms with van der Waals surface area (Å²) >= 11 is 0.